The quantitative estimate of drug-likeness (QED) is 0.706. The Morgan fingerprint density at radius 3 is 2.39 bits per heavy atom. The van der Waals surface area contributed by atoms with Crippen molar-refractivity contribution in [2.24, 2.45) is 17.6 Å². The number of aromatic nitrogens is 2. The lowest BCUT2D eigenvalue weighted by molar-refractivity contribution is -0.215. The molecule has 0 bridgehead atoms. The first kappa shape index (κ1) is 21.8. The van der Waals surface area contributed by atoms with Crippen LogP contribution in [0.25, 0.3) is 0 Å². The van der Waals surface area contributed by atoms with Gasteiger partial charge in [0.25, 0.3) is 5.91 Å². The first-order valence-corrected chi connectivity index (χ1v) is 10.7. The van der Waals surface area contributed by atoms with Crippen molar-refractivity contribution >= 4 is 11.7 Å². The Balaban J connectivity index is 1.48. The van der Waals surface area contributed by atoms with Gasteiger partial charge in [-0.25, -0.2) is 0 Å². The van der Waals surface area contributed by atoms with Gasteiger partial charge >= 0.3 is 6.18 Å². The van der Waals surface area contributed by atoms with Crippen molar-refractivity contribution in [1.82, 2.24) is 14.7 Å². The van der Waals surface area contributed by atoms with E-state index in [1.165, 1.54) is 0 Å². The van der Waals surface area contributed by atoms with Crippen LogP contribution in [-0.2, 0) is 16.8 Å². The molecule has 2 N–H and O–H groups in total. The summed E-state index contributed by atoms with van der Waals surface area (Å²) in [5.41, 5.74) is 5.41. The fraction of sp³-hybridized carbons (Fsp3) is 0.714. The summed E-state index contributed by atoms with van der Waals surface area (Å²) in [5.74, 6) is -1.84. The molecular formula is C21H26F3N5O2. The average Bonchev–Trinajstić information content (AvgIpc) is 3.41. The molecule has 2 saturated carbocycles. The maximum atomic E-state index is 12.8. The number of carbonyl (C=O) groups is 2. The summed E-state index contributed by atoms with van der Waals surface area (Å²) in [6, 6.07) is 2.24. The summed E-state index contributed by atoms with van der Waals surface area (Å²) < 4.78 is 40.0. The highest BCUT2D eigenvalue weighted by atomic mass is 19.4. The minimum atomic E-state index is -4.15. The number of likely N-dealkylation sites (tertiary alicyclic amines) is 1. The lowest BCUT2D eigenvalue weighted by Gasteiger charge is -2.49. The molecule has 1 saturated heterocycles. The molecular weight excluding hydrogens is 411 g/mol. The minimum Gasteiger partial charge on any atom is -0.365 e. The van der Waals surface area contributed by atoms with E-state index in [1.54, 1.807) is 10.9 Å². The normalized spacial score (nSPS) is 27.5. The van der Waals surface area contributed by atoms with Gasteiger partial charge in [-0.1, -0.05) is 0 Å². The van der Waals surface area contributed by atoms with E-state index >= 15 is 0 Å². The van der Waals surface area contributed by atoms with Crippen LogP contribution in [0.3, 0.4) is 0 Å². The molecule has 3 aliphatic rings. The summed E-state index contributed by atoms with van der Waals surface area (Å²) in [6.45, 7) is 0.0564. The van der Waals surface area contributed by atoms with Crippen LogP contribution in [0.4, 0.5) is 13.2 Å². The molecule has 0 spiro atoms. The topological polar surface area (TPSA) is 105 Å². The van der Waals surface area contributed by atoms with Crippen molar-refractivity contribution in [3.63, 3.8) is 0 Å². The van der Waals surface area contributed by atoms with Crippen LogP contribution in [-0.4, -0.2) is 51.7 Å². The van der Waals surface area contributed by atoms with E-state index in [0.717, 1.165) is 12.8 Å². The van der Waals surface area contributed by atoms with Crippen LogP contribution in [0.1, 0.15) is 61.0 Å². The zero-order chi connectivity index (χ0) is 22.4. The molecule has 0 radical (unpaired) electrons. The lowest BCUT2D eigenvalue weighted by atomic mass is 9.76. The van der Waals surface area contributed by atoms with Gasteiger partial charge in [-0.05, 0) is 38.5 Å². The summed E-state index contributed by atoms with van der Waals surface area (Å²) in [7, 11) is 0. The highest BCUT2D eigenvalue weighted by Crippen LogP contribution is 2.43. The Kier molecular flexibility index (Phi) is 5.58. The molecule has 3 fully saturated rings. The predicted octanol–water partition coefficient (Wildman–Crippen LogP) is 2.55. The predicted molar refractivity (Wildman–Crippen MR) is 104 cm³/mol. The number of amides is 1. The molecule has 2 aliphatic carbocycles. The molecule has 1 amide bonds. The Morgan fingerprint density at radius 1 is 1.23 bits per heavy atom. The van der Waals surface area contributed by atoms with Crippen LogP contribution in [0.5, 0.6) is 0 Å². The number of nitrogens with zero attached hydrogens (tertiary/aromatic N) is 4. The second-order valence-corrected chi connectivity index (χ2v) is 9.20. The second-order valence-electron chi connectivity index (χ2n) is 9.20. The van der Waals surface area contributed by atoms with Crippen molar-refractivity contribution in [3.05, 3.63) is 17.5 Å². The van der Waals surface area contributed by atoms with Gasteiger partial charge in [0.1, 0.15) is 5.78 Å². The number of hydrogen-bond donors (Lipinski definition) is 1. The van der Waals surface area contributed by atoms with Crippen molar-refractivity contribution in [2.75, 3.05) is 13.1 Å². The van der Waals surface area contributed by atoms with Gasteiger partial charge in [0, 0.05) is 31.2 Å². The van der Waals surface area contributed by atoms with Crippen LogP contribution in [0.15, 0.2) is 6.20 Å². The van der Waals surface area contributed by atoms with Crippen LogP contribution < -0.4 is 5.73 Å². The van der Waals surface area contributed by atoms with Gasteiger partial charge in [0.2, 0.25) is 0 Å². The van der Waals surface area contributed by atoms with E-state index in [9.17, 15) is 28.0 Å². The van der Waals surface area contributed by atoms with Crippen molar-refractivity contribution in [3.8, 4) is 6.07 Å². The number of nitrogens with two attached hydrogens (primary N) is 1. The fourth-order valence-electron chi connectivity index (χ4n) is 4.86. The standard InChI is InChI=1S/C21H26F3N5O2/c22-21(23,24)14-10-28(11-14)15-3-5-20(6-4-15,7-8-25)29-12-16(19(26)31)17(27-29)9-18(30)13-1-2-13/h12-15H,1-7,9-11H2,(H2,26,31). The smallest absolute Gasteiger partial charge is 0.365 e. The third kappa shape index (κ3) is 4.33. The molecule has 1 aromatic heterocycles. The zero-order valence-electron chi connectivity index (χ0n) is 17.2. The largest absolute Gasteiger partial charge is 0.394 e. The highest BCUT2D eigenvalue weighted by molar-refractivity contribution is 5.95. The number of Topliss-reactive ketones (excluding diaryl/α,β-unsaturated/α-hetero) is 1. The molecule has 2 heterocycles. The number of rotatable bonds is 7. The van der Waals surface area contributed by atoms with E-state index in [4.69, 9.17) is 5.73 Å². The van der Waals surface area contributed by atoms with Gasteiger partial charge < -0.3 is 5.73 Å². The molecule has 4 rings (SSSR count). The van der Waals surface area contributed by atoms with E-state index in [0.29, 0.717) is 31.4 Å². The number of hydrogen-bond acceptors (Lipinski definition) is 5. The number of alkyl halides is 3. The van der Waals surface area contributed by atoms with E-state index < -0.39 is 23.5 Å². The third-order valence-corrected chi connectivity index (χ3v) is 7.10. The Hall–Kier alpha value is -2.41. The Bertz CT molecular complexity index is 901. The number of halogens is 3. The van der Waals surface area contributed by atoms with Crippen molar-refractivity contribution in [1.29, 1.82) is 5.26 Å². The second kappa shape index (κ2) is 7.93. The molecule has 0 unspecified atom stereocenters. The Labute approximate surface area is 178 Å². The van der Waals surface area contributed by atoms with Gasteiger partial charge in [0.05, 0.1) is 41.6 Å². The van der Waals surface area contributed by atoms with Crippen molar-refractivity contribution in [2.45, 2.75) is 69.1 Å². The zero-order valence-corrected chi connectivity index (χ0v) is 17.2. The molecule has 1 aromatic rings. The highest BCUT2D eigenvalue weighted by Gasteiger charge is 2.50. The fourth-order valence-corrected chi connectivity index (χ4v) is 4.86. The van der Waals surface area contributed by atoms with E-state index in [2.05, 4.69) is 11.2 Å². The number of ketones is 1. The van der Waals surface area contributed by atoms with Crippen LogP contribution in [0, 0.1) is 23.2 Å². The first-order valence-electron chi connectivity index (χ1n) is 10.7. The molecule has 31 heavy (non-hydrogen) atoms. The molecule has 10 heteroatoms. The summed E-state index contributed by atoms with van der Waals surface area (Å²) in [4.78, 5) is 26.1. The molecule has 0 aromatic carbocycles. The molecule has 1 aliphatic heterocycles. The summed E-state index contributed by atoms with van der Waals surface area (Å²) in [6.07, 6.45) is 1.75. The molecule has 0 atom stereocenters. The molecule has 7 nitrogen and oxygen atoms in total. The number of nitriles is 1. The van der Waals surface area contributed by atoms with Crippen LogP contribution in [0.2, 0.25) is 0 Å². The van der Waals surface area contributed by atoms with Gasteiger partial charge in [-0.3, -0.25) is 19.2 Å². The van der Waals surface area contributed by atoms with Gasteiger partial charge in [-0.15, -0.1) is 0 Å². The summed E-state index contributed by atoms with van der Waals surface area (Å²) >= 11 is 0. The number of primary amides is 1. The monoisotopic (exact) mass is 437 g/mol. The first-order chi connectivity index (χ1) is 14.6. The SMILES string of the molecule is N#CCC1(n2cc(C(N)=O)c(CC(=O)C3CC3)n2)CCC(N2CC(C(F)(F)F)C2)CC1. The minimum absolute atomic E-state index is 0.0282. The Morgan fingerprint density at radius 2 is 1.87 bits per heavy atom. The van der Waals surface area contributed by atoms with Crippen LogP contribution >= 0.6 is 0 Å². The summed E-state index contributed by atoms with van der Waals surface area (Å²) in [5, 5.41) is 14.0. The maximum absolute atomic E-state index is 12.8. The maximum Gasteiger partial charge on any atom is 0.394 e. The third-order valence-electron chi connectivity index (χ3n) is 7.10. The lowest BCUT2D eigenvalue weighted by Crippen LogP contribution is -2.58. The van der Waals surface area contributed by atoms with Crippen molar-refractivity contribution < 1.29 is 22.8 Å². The molecule has 168 valence electrons. The average molecular weight is 437 g/mol. The number of carbonyl (C=O) groups excluding carboxylic acids is 2. The van der Waals surface area contributed by atoms with Gasteiger partial charge in [0.15, 0.2) is 0 Å². The van der Waals surface area contributed by atoms with Gasteiger partial charge in [-0.2, -0.15) is 23.5 Å². The van der Waals surface area contributed by atoms with E-state index in [-0.39, 0.29) is 49.2 Å². The van der Waals surface area contributed by atoms with E-state index in [1.807, 2.05) is 4.90 Å².